The van der Waals surface area contributed by atoms with Gasteiger partial charge in [-0.3, -0.25) is 34.1 Å². The summed E-state index contributed by atoms with van der Waals surface area (Å²) in [6.45, 7) is 5.53. The van der Waals surface area contributed by atoms with E-state index in [1.807, 2.05) is 6.92 Å². The molecule has 0 spiro atoms. The number of rotatable bonds is 7. The minimum Gasteiger partial charge on any atom is -0.494 e. The van der Waals surface area contributed by atoms with E-state index in [9.17, 15) is 28.8 Å². The van der Waals surface area contributed by atoms with Gasteiger partial charge in [0.25, 0.3) is 5.91 Å². The van der Waals surface area contributed by atoms with Crippen LogP contribution in [0.25, 0.3) is 10.2 Å². The largest absolute Gasteiger partial charge is 0.494 e. The summed E-state index contributed by atoms with van der Waals surface area (Å²) in [5, 5.41) is 2.68. The fourth-order valence-corrected chi connectivity index (χ4v) is 6.40. The number of carbonyl (C=O) groups is 6. The molecule has 2 unspecified atom stereocenters. The maximum Gasteiger partial charge on any atom is 0.294 e. The Labute approximate surface area is 227 Å². The molecular formula is C29H26N2O7S. The standard InChI is InChI=1S/C29H26N2O7S/c1-4-38-14-9-10-19-21(11-14)39-28(30-19)31-27(37)26(36)22-25(35)17(20(32)13-29(22,2)3)12-18-23(33)15-7-5-6-8-16(15)24(18)34/h5-11,17-18,22H,4,12-13H2,1-3H3,(H,30,31,37). The molecule has 3 aromatic rings. The van der Waals surface area contributed by atoms with E-state index in [1.54, 1.807) is 56.3 Å². The number of anilines is 1. The number of thiazole rings is 1. The number of Topliss-reactive ketones (excluding diaryl/α,β-unsaturated/α-hetero) is 5. The van der Waals surface area contributed by atoms with Crippen LogP contribution in [0.15, 0.2) is 42.5 Å². The van der Waals surface area contributed by atoms with Gasteiger partial charge in [-0.1, -0.05) is 49.4 Å². The van der Waals surface area contributed by atoms with Crippen LogP contribution in [0, 0.1) is 23.2 Å². The van der Waals surface area contributed by atoms with E-state index in [1.165, 1.54) is 0 Å². The Morgan fingerprint density at radius 2 is 1.69 bits per heavy atom. The molecule has 2 aliphatic rings. The predicted octanol–water partition coefficient (Wildman–Crippen LogP) is 4.09. The van der Waals surface area contributed by atoms with E-state index in [2.05, 4.69) is 10.3 Å². The lowest BCUT2D eigenvalue weighted by Gasteiger charge is -2.38. The number of hydrogen-bond donors (Lipinski definition) is 1. The Balaban J connectivity index is 1.35. The molecule has 0 radical (unpaired) electrons. The molecule has 1 saturated carbocycles. The summed E-state index contributed by atoms with van der Waals surface area (Å²) in [6.07, 6.45) is -0.456. The summed E-state index contributed by atoms with van der Waals surface area (Å²) >= 11 is 1.16. The van der Waals surface area contributed by atoms with Crippen molar-refractivity contribution in [1.82, 2.24) is 4.98 Å². The van der Waals surface area contributed by atoms with Crippen LogP contribution in [0.3, 0.4) is 0 Å². The van der Waals surface area contributed by atoms with Gasteiger partial charge in [0, 0.05) is 17.5 Å². The van der Waals surface area contributed by atoms with Gasteiger partial charge < -0.3 is 4.74 Å². The first-order valence-corrected chi connectivity index (χ1v) is 13.5. The summed E-state index contributed by atoms with van der Waals surface area (Å²) in [6, 6.07) is 11.6. The summed E-state index contributed by atoms with van der Waals surface area (Å²) in [4.78, 5) is 83.1. The van der Waals surface area contributed by atoms with Crippen molar-refractivity contribution in [1.29, 1.82) is 0 Å². The van der Waals surface area contributed by atoms with Crippen molar-refractivity contribution in [3.05, 3.63) is 53.6 Å². The monoisotopic (exact) mass is 546 g/mol. The molecule has 9 nitrogen and oxygen atoms in total. The van der Waals surface area contributed by atoms with E-state index < -0.39 is 58.0 Å². The summed E-state index contributed by atoms with van der Waals surface area (Å²) in [5.74, 6) is -7.32. The SMILES string of the molecule is CCOc1ccc2nc(NC(=O)C(=O)C3C(=O)C(CC4C(=O)c5ccccc5C4=O)C(=O)CC3(C)C)sc2c1. The highest BCUT2D eigenvalue weighted by atomic mass is 32.1. The maximum absolute atomic E-state index is 13.6. The highest BCUT2D eigenvalue weighted by Gasteiger charge is 2.54. The number of benzene rings is 2. The van der Waals surface area contributed by atoms with Gasteiger partial charge in [0.1, 0.15) is 11.5 Å². The number of ketones is 5. The first kappa shape index (κ1) is 26.6. The van der Waals surface area contributed by atoms with Gasteiger partial charge in [-0.05, 0) is 37.0 Å². The third kappa shape index (κ3) is 4.69. The number of nitrogens with one attached hydrogen (secondary N) is 1. The third-order valence-electron chi connectivity index (χ3n) is 7.37. The minimum atomic E-state index is -1.41. The molecule has 5 rings (SSSR count). The second-order valence-corrected chi connectivity index (χ2v) is 11.5. The lowest BCUT2D eigenvalue weighted by molar-refractivity contribution is -0.153. The zero-order valence-corrected chi connectivity index (χ0v) is 22.4. The van der Waals surface area contributed by atoms with Gasteiger partial charge in [0.15, 0.2) is 22.5 Å². The lowest BCUT2D eigenvalue weighted by Crippen LogP contribution is -2.52. The molecule has 39 heavy (non-hydrogen) atoms. The highest BCUT2D eigenvalue weighted by molar-refractivity contribution is 7.22. The number of nitrogens with zero attached hydrogens (tertiary/aromatic N) is 1. The van der Waals surface area contributed by atoms with Gasteiger partial charge in [-0.15, -0.1) is 0 Å². The highest BCUT2D eigenvalue weighted by Crippen LogP contribution is 2.43. The molecule has 0 saturated heterocycles. The van der Waals surface area contributed by atoms with Crippen LogP contribution in [0.4, 0.5) is 5.13 Å². The Bertz CT molecular complexity index is 1540. The second-order valence-electron chi connectivity index (χ2n) is 10.5. The normalized spacial score (nSPS) is 20.8. The average molecular weight is 547 g/mol. The minimum absolute atomic E-state index is 0.142. The van der Waals surface area contributed by atoms with Crippen LogP contribution in [0.2, 0.25) is 0 Å². The average Bonchev–Trinajstić information content (AvgIpc) is 3.39. The van der Waals surface area contributed by atoms with Crippen LogP contribution < -0.4 is 10.1 Å². The topological polar surface area (TPSA) is 137 Å². The van der Waals surface area contributed by atoms with Crippen molar-refractivity contribution < 1.29 is 33.5 Å². The van der Waals surface area contributed by atoms with Crippen molar-refractivity contribution in [3.8, 4) is 5.75 Å². The van der Waals surface area contributed by atoms with Crippen LogP contribution in [0.1, 0.15) is 54.3 Å². The number of hydrogen-bond acceptors (Lipinski definition) is 9. The predicted molar refractivity (Wildman–Crippen MR) is 143 cm³/mol. The van der Waals surface area contributed by atoms with Gasteiger partial charge in [-0.25, -0.2) is 4.98 Å². The fourth-order valence-electron chi connectivity index (χ4n) is 5.51. The van der Waals surface area contributed by atoms with Crippen molar-refractivity contribution in [3.63, 3.8) is 0 Å². The second kappa shape index (κ2) is 9.92. The third-order valence-corrected chi connectivity index (χ3v) is 8.30. The molecular weight excluding hydrogens is 520 g/mol. The molecule has 1 heterocycles. The van der Waals surface area contributed by atoms with Crippen LogP contribution in [-0.2, 0) is 19.2 Å². The molecule has 2 aliphatic carbocycles. The molecule has 10 heteroatoms. The first-order valence-electron chi connectivity index (χ1n) is 12.6. The molecule has 200 valence electrons. The molecule has 1 aromatic heterocycles. The van der Waals surface area contributed by atoms with Crippen molar-refractivity contribution in [2.24, 2.45) is 23.2 Å². The maximum atomic E-state index is 13.6. The first-order chi connectivity index (χ1) is 18.5. The summed E-state index contributed by atoms with van der Waals surface area (Å²) in [5.41, 5.74) is 0.0171. The number of fused-ring (bicyclic) bond motifs is 2. The lowest BCUT2D eigenvalue weighted by atomic mass is 9.61. The van der Waals surface area contributed by atoms with E-state index in [0.29, 0.717) is 17.9 Å². The Morgan fingerprint density at radius 1 is 1.03 bits per heavy atom. The van der Waals surface area contributed by atoms with Gasteiger partial charge in [0.2, 0.25) is 5.78 Å². The number of ether oxygens (including phenoxy) is 1. The summed E-state index contributed by atoms with van der Waals surface area (Å²) in [7, 11) is 0. The Morgan fingerprint density at radius 3 is 2.33 bits per heavy atom. The fraction of sp³-hybridized carbons (Fsp3) is 0.345. The van der Waals surface area contributed by atoms with Crippen molar-refractivity contribution >= 4 is 61.5 Å². The van der Waals surface area contributed by atoms with E-state index in [-0.39, 0.29) is 29.1 Å². The molecule has 1 fully saturated rings. The number of amides is 1. The molecule has 1 amide bonds. The van der Waals surface area contributed by atoms with Crippen molar-refractivity contribution in [2.45, 2.75) is 33.6 Å². The number of carbonyl (C=O) groups excluding carboxylic acids is 6. The van der Waals surface area contributed by atoms with Gasteiger partial charge >= 0.3 is 0 Å². The summed E-state index contributed by atoms with van der Waals surface area (Å²) < 4.78 is 6.23. The Hall–Kier alpha value is -4.05. The molecule has 2 atom stereocenters. The number of aromatic nitrogens is 1. The van der Waals surface area contributed by atoms with Crippen LogP contribution in [0.5, 0.6) is 5.75 Å². The van der Waals surface area contributed by atoms with Crippen LogP contribution in [-0.4, -0.2) is 46.4 Å². The van der Waals surface area contributed by atoms with Crippen molar-refractivity contribution in [2.75, 3.05) is 11.9 Å². The molecule has 2 aromatic carbocycles. The molecule has 0 aliphatic heterocycles. The zero-order valence-electron chi connectivity index (χ0n) is 21.6. The quantitative estimate of drug-likeness (QED) is 0.346. The molecule has 1 N–H and O–H groups in total. The smallest absolute Gasteiger partial charge is 0.294 e. The molecule has 0 bridgehead atoms. The Kier molecular flexibility index (Phi) is 6.76. The van der Waals surface area contributed by atoms with Crippen LogP contribution >= 0.6 is 11.3 Å². The van der Waals surface area contributed by atoms with E-state index in [0.717, 1.165) is 16.0 Å². The van der Waals surface area contributed by atoms with Gasteiger partial charge in [-0.2, -0.15) is 0 Å². The zero-order chi connectivity index (χ0) is 28.1. The van der Waals surface area contributed by atoms with E-state index in [4.69, 9.17) is 4.74 Å². The van der Waals surface area contributed by atoms with Gasteiger partial charge in [0.05, 0.1) is 34.6 Å². The van der Waals surface area contributed by atoms with E-state index >= 15 is 0 Å².